The van der Waals surface area contributed by atoms with Crippen molar-refractivity contribution < 1.29 is 14.6 Å². The van der Waals surface area contributed by atoms with Crippen molar-refractivity contribution in [1.82, 2.24) is 14.9 Å². The molecule has 0 unspecified atom stereocenters. The molecule has 0 spiro atoms. The number of hydrogen-bond donors (Lipinski definition) is 2. The van der Waals surface area contributed by atoms with E-state index in [2.05, 4.69) is 34.1 Å². The van der Waals surface area contributed by atoms with Gasteiger partial charge in [0.15, 0.2) is 5.13 Å². The molecule has 0 atom stereocenters. The Hall–Kier alpha value is -1.50. The van der Waals surface area contributed by atoms with Gasteiger partial charge in [0.05, 0.1) is 45.5 Å². The van der Waals surface area contributed by atoms with Gasteiger partial charge in [-0.2, -0.15) is 0 Å². The smallest absolute Gasteiger partial charge is 0.259 e. The first kappa shape index (κ1) is 32.0. The number of piperidine rings is 1. The number of pyridine rings is 1. The third-order valence-electron chi connectivity index (χ3n) is 6.30. The number of carbonyl (C=O) groups is 1. The minimum Gasteiger partial charge on any atom is -0.394 e. The summed E-state index contributed by atoms with van der Waals surface area (Å²) < 4.78 is 5.64. The van der Waals surface area contributed by atoms with E-state index >= 15 is 0 Å². The van der Waals surface area contributed by atoms with Crippen LogP contribution < -0.4 is 10.2 Å². The highest BCUT2D eigenvalue weighted by Gasteiger charge is 2.23. The fraction of sp³-hybridized carbons (Fsp3) is 0.500. The first-order valence-electron chi connectivity index (χ1n) is 12.7. The summed E-state index contributed by atoms with van der Waals surface area (Å²) in [6.07, 6.45) is 5.60. The lowest BCUT2D eigenvalue weighted by molar-refractivity contribution is 0.0158. The summed E-state index contributed by atoms with van der Waals surface area (Å²) in [7, 11) is 2.10. The summed E-state index contributed by atoms with van der Waals surface area (Å²) in [5.41, 5.74) is 1.22. The minimum atomic E-state index is -0.308. The molecule has 4 rings (SSSR count). The number of anilines is 2. The van der Waals surface area contributed by atoms with Crippen LogP contribution in [0.4, 0.5) is 10.9 Å². The van der Waals surface area contributed by atoms with Gasteiger partial charge in [-0.15, -0.1) is 23.7 Å². The minimum absolute atomic E-state index is 0. The van der Waals surface area contributed by atoms with E-state index in [1.807, 2.05) is 11.4 Å². The van der Waals surface area contributed by atoms with Crippen molar-refractivity contribution in [3.8, 4) is 10.6 Å². The van der Waals surface area contributed by atoms with Gasteiger partial charge >= 0.3 is 0 Å². The van der Waals surface area contributed by atoms with Crippen molar-refractivity contribution in [3.05, 3.63) is 44.2 Å². The fourth-order valence-electron chi connectivity index (χ4n) is 4.30. The second-order valence-corrected chi connectivity index (χ2v) is 12.1. The molecule has 0 saturated carbocycles. The number of nitrogens with one attached hydrogen (secondary N) is 1. The maximum Gasteiger partial charge on any atom is 0.259 e. The standard InChI is InChI=1S/C26H33Cl2N5O3S2.ClH/c1-3-4-7-32(2)15-22-23(21-13-18(27)16-37-21)30-26(38-22)31-25(35)17-12-20(28)24(29-14-17)33-8-5-19(6-9-33)36-11-10-34;/h12-14,16,19,34H,3-11,15H2,1-2H3,(H,30,31,35);1H. The van der Waals surface area contributed by atoms with E-state index < -0.39 is 0 Å². The molecule has 1 aliphatic rings. The lowest BCUT2D eigenvalue weighted by Gasteiger charge is -2.33. The quantitative estimate of drug-likeness (QED) is 0.236. The monoisotopic (exact) mass is 633 g/mol. The molecule has 0 aliphatic carbocycles. The largest absolute Gasteiger partial charge is 0.394 e. The molecule has 0 aromatic carbocycles. The molecule has 1 aliphatic heterocycles. The SMILES string of the molecule is CCCCN(C)Cc1sc(NC(=O)c2cnc(N3CCC(OCCO)CC3)c(Cl)c2)nc1-c1cc(Cl)cs1.Cl. The molecule has 0 radical (unpaired) electrons. The number of thiophene rings is 1. The number of nitrogens with zero attached hydrogens (tertiary/aromatic N) is 4. The average molecular weight is 635 g/mol. The normalized spacial score (nSPS) is 14.1. The number of ether oxygens (including phenoxy) is 1. The van der Waals surface area contributed by atoms with Gasteiger partial charge in [0.1, 0.15) is 5.82 Å². The summed E-state index contributed by atoms with van der Waals surface area (Å²) >= 11 is 15.8. The van der Waals surface area contributed by atoms with Crippen molar-refractivity contribution in [2.24, 2.45) is 0 Å². The maximum absolute atomic E-state index is 13.1. The van der Waals surface area contributed by atoms with Crippen LogP contribution in [0, 0.1) is 0 Å². The lowest BCUT2D eigenvalue weighted by Crippen LogP contribution is -2.38. The Morgan fingerprint density at radius 3 is 2.72 bits per heavy atom. The Labute approximate surface area is 253 Å². The molecule has 1 fully saturated rings. The van der Waals surface area contributed by atoms with E-state index in [9.17, 15) is 4.79 Å². The van der Waals surface area contributed by atoms with Crippen LogP contribution in [0.15, 0.2) is 23.7 Å². The third-order valence-corrected chi connectivity index (χ3v) is 8.81. The van der Waals surface area contributed by atoms with Gasteiger partial charge < -0.3 is 19.6 Å². The molecule has 8 nitrogen and oxygen atoms in total. The van der Waals surface area contributed by atoms with Crippen LogP contribution in [0.1, 0.15) is 47.8 Å². The highest BCUT2D eigenvalue weighted by Crippen LogP contribution is 2.37. The van der Waals surface area contributed by atoms with Crippen molar-refractivity contribution in [2.45, 2.75) is 45.3 Å². The fourth-order valence-corrected chi connectivity index (χ4v) is 6.80. The van der Waals surface area contributed by atoms with E-state index in [4.69, 9.17) is 38.0 Å². The molecule has 39 heavy (non-hydrogen) atoms. The summed E-state index contributed by atoms with van der Waals surface area (Å²) in [5.74, 6) is 0.352. The number of hydrogen-bond acceptors (Lipinski definition) is 9. The molecule has 214 valence electrons. The number of halogens is 3. The molecule has 13 heteroatoms. The van der Waals surface area contributed by atoms with Crippen molar-refractivity contribution in [2.75, 3.05) is 50.1 Å². The van der Waals surface area contributed by atoms with Crippen LogP contribution >= 0.6 is 58.3 Å². The Morgan fingerprint density at radius 2 is 2.08 bits per heavy atom. The zero-order chi connectivity index (χ0) is 27.1. The molecular weight excluding hydrogens is 601 g/mol. The van der Waals surface area contributed by atoms with Gasteiger partial charge in [-0.05, 0) is 45.0 Å². The number of unbranched alkanes of at least 4 members (excludes halogenated alkanes) is 1. The third kappa shape index (κ3) is 8.74. The Morgan fingerprint density at radius 1 is 1.31 bits per heavy atom. The van der Waals surface area contributed by atoms with Crippen LogP contribution in [-0.4, -0.2) is 71.9 Å². The molecule has 3 aromatic rings. The van der Waals surface area contributed by atoms with Crippen molar-refractivity contribution >= 4 is 75.1 Å². The summed E-state index contributed by atoms with van der Waals surface area (Å²) in [4.78, 5) is 28.8. The van der Waals surface area contributed by atoms with Crippen LogP contribution in [0.25, 0.3) is 10.6 Å². The summed E-state index contributed by atoms with van der Waals surface area (Å²) in [5, 5.41) is 15.4. The summed E-state index contributed by atoms with van der Waals surface area (Å²) in [6.45, 7) is 5.79. The number of amides is 1. The topological polar surface area (TPSA) is 90.8 Å². The predicted molar refractivity (Wildman–Crippen MR) is 164 cm³/mol. The van der Waals surface area contributed by atoms with Crippen LogP contribution in [0.5, 0.6) is 0 Å². The number of aliphatic hydroxyl groups is 1. The van der Waals surface area contributed by atoms with Crippen LogP contribution in [-0.2, 0) is 11.3 Å². The summed E-state index contributed by atoms with van der Waals surface area (Å²) in [6, 6.07) is 3.56. The van der Waals surface area contributed by atoms with Gasteiger partial charge in [-0.25, -0.2) is 9.97 Å². The Bertz CT molecular complexity index is 1220. The second-order valence-electron chi connectivity index (χ2n) is 9.28. The molecule has 4 heterocycles. The number of rotatable bonds is 12. The first-order chi connectivity index (χ1) is 18.4. The van der Waals surface area contributed by atoms with E-state index in [0.717, 1.165) is 67.3 Å². The van der Waals surface area contributed by atoms with Gasteiger partial charge in [0.25, 0.3) is 5.91 Å². The molecule has 1 amide bonds. The van der Waals surface area contributed by atoms with Crippen LogP contribution in [0.3, 0.4) is 0 Å². The van der Waals surface area contributed by atoms with E-state index in [0.29, 0.717) is 33.2 Å². The predicted octanol–water partition coefficient (Wildman–Crippen LogP) is 6.46. The van der Waals surface area contributed by atoms with Crippen LogP contribution in [0.2, 0.25) is 10.0 Å². The Kier molecular flexibility index (Phi) is 12.7. The zero-order valence-corrected chi connectivity index (χ0v) is 26.0. The van der Waals surface area contributed by atoms with Crippen molar-refractivity contribution in [3.63, 3.8) is 0 Å². The highest BCUT2D eigenvalue weighted by molar-refractivity contribution is 7.17. The van der Waals surface area contributed by atoms with Gasteiger partial charge in [-0.1, -0.05) is 47.9 Å². The molecular formula is C26H34Cl3N5O3S2. The zero-order valence-electron chi connectivity index (χ0n) is 22.0. The van der Waals surface area contributed by atoms with E-state index in [-0.39, 0.29) is 31.0 Å². The van der Waals surface area contributed by atoms with E-state index in [1.165, 1.54) is 11.3 Å². The Balaban J connectivity index is 0.00000420. The van der Waals surface area contributed by atoms with Gasteiger partial charge in [0, 0.05) is 36.1 Å². The number of carbonyl (C=O) groups excluding carboxylic acids is 1. The average Bonchev–Trinajstić information content (AvgIpc) is 3.51. The van der Waals surface area contributed by atoms with E-state index in [1.54, 1.807) is 23.6 Å². The first-order valence-corrected chi connectivity index (χ1v) is 15.2. The highest BCUT2D eigenvalue weighted by atomic mass is 35.5. The molecule has 0 bridgehead atoms. The van der Waals surface area contributed by atoms with Gasteiger partial charge in [-0.3, -0.25) is 10.1 Å². The number of thiazole rings is 1. The second kappa shape index (κ2) is 15.5. The van der Waals surface area contributed by atoms with Gasteiger partial charge in [0.2, 0.25) is 0 Å². The number of aromatic nitrogens is 2. The lowest BCUT2D eigenvalue weighted by atomic mass is 10.1. The maximum atomic E-state index is 13.1. The molecule has 2 N–H and O–H groups in total. The molecule has 3 aromatic heterocycles. The number of aliphatic hydroxyl groups excluding tert-OH is 1. The van der Waals surface area contributed by atoms with Crippen molar-refractivity contribution in [1.29, 1.82) is 0 Å². The molecule has 1 saturated heterocycles.